The zero-order chi connectivity index (χ0) is 14.8. The first-order valence-corrected chi connectivity index (χ1v) is 7.90. The fraction of sp³-hybridized carbons (Fsp3) is 0.625. The van der Waals surface area contributed by atoms with Crippen molar-refractivity contribution in [1.29, 1.82) is 0 Å². The topological polar surface area (TPSA) is 41.7 Å². The van der Waals surface area contributed by atoms with E-state index < -0.39 is 0 Å². The minimum atomic E-state index is -0.371. The van der Waals surface area contributed by atoms with E-state index in [0.29, 0.717) is 24.1 Å². The van der Waals surface area contributed by atoms with Gasteiger partial charge in [-0.1, -0.05) is 6.92 Å². The van der Waals surface area contributed by atoms with Gasteiger partial charge in [0.2, 0.25) is 0 Å². The fourth-order valence-corrected chi connectivity index (χ4v) is 3.36. The van der Waals surface area contributed by atoms with Gasteiger partial charge in [-0.2, -0.15) is 0 Å². The van der Waals surface area contributed by atoms with Gasteiger partial charge in [-0.25, -0.2) is 4.39 Å². The Morgan fingerprint density at radius 2 is 2.19 bits per heavy atom. The Kier molecular flexibility index (Phi) is 4.19. The number of nitrogens with two attached hydrogens (primary N) is 1. The van der Waals surface area contributed by atoms with Crippen LogP contribution >= 0.6 is 0 Å². The highest BCUT2D eigenvalue weighted by Gasteiger charge is 2.31. The van der Waals surface area contributed by atoms with E-state index in [9.17, 15) is 4.39 Å². The Hall–Kier alpha value is -1.49. The second-order valence-corrected chi connectivity index (χ2v) is 5.97. The van der Waals surface area contributed by atoms with Crippen LogP contribution < -0.4 is 15.4 Å². The number of nitrogen functional groups attached to an aromatic ring is 1. The number of benzene rings is 1. The molecule has 0 aromatic heterocycles. The molecule has 2 N–H and O–H groups in total. The van der Waals surface area contributed by atoms with E-state index in [1.54, 1.807) is 6.07 Å². The molecular weight excluding hydrogens is 269 g/mol. The molecule has 0 amide bonds. The molecule has 21 heavy (non-hydrogen) atoms. The Labute approximate surface area is 125 Å². The van der Waals surface area contributed by atoms with Crippen molar-refractivity contribution < 1.29 is 9.13 Å². The Morgan fingerprint density at radius 1 is 1.33 bits per heavy atom. The molecule has 4 nitrogen and oxygen atoms in total. The molecule has 0 saturated carbocycles. The lowest BCUT2D eigenvalue weighted by atomic mass is 10.1. The lowest BCUT2D eigenvalue weighted by Crippen LogP contribution is -2.50. The average molecular weight is 293 g/mol. The van der Waals surface area contributed by atoms with Gasteiger partial charge < -0.3 is 15.4 Å². The number of hydrogen-bond acceptors (Lipinski definition) is 4. The van der Waals surface area contributed by atoms with Crippen LogP contribution in [0.15, 0.2) is 12.1 Å². The number of nitrogens with zero attached hydrogens (tertiary/aromatic N) is 2. The highest BCUT2D eigenvalue weighted by molar-refractivity contribution is 5.70. The lowest BCUT2D eigenvalue weighted by Gasteiger charge is -2.39. The van der Waals surface area contributed by atoms with Crippen molar-refractivity contribution in [1.82, 2.24) is 4.90 Å². The van der Waals surface area contributed by atoms with E-state index in [4.69, 9.17) is 10.5 Å². The van der Waals surface area contributed by atoms with E-state index >= 15 is 0 Å². The van der Waals surface area contributed by atoms with Crippen LogP contribution in [0.3, 0.4) is 0 Å². The van der Waals surface area contributed by atoms with Gasteiger partial charge in [0.25, 0.3) is 0 Å². The molecule has 1 aromatic rings. The molecule has 1 atom stereocenters. The molecule has 2 fully saturated rings. The summed E-state index contributed by atoms with van der Waals surface area (Å²) in [5.41, 5.74) is 7.45. The zero-order valence-corrected chi connectivity index (χ0v) is 12.6. The Morgan fingerprint density at radius 3 is 3.00 bits per heavy atom. The van der Waals surface area contributed by atoms with Gasteiger partial charge in [0.15, 0.2) is 11.6 Å². The third-order valence-electron chi connectivity index (χ3n) is 4.47. The van der Waals surface area contributed by atoms with E-state index in [-0.39, 0.29) is 5.82 Å². The zero-order valence-electron chi connectivity index (χ0n) is 12.6. The largest absolute Gasteiger partial charge is 0.490 e. The smallest absolute Gasteiger partial charge is 0.167 e. The van der Waals surface area contributed by atoms with Crippen LogP contribution in [0.2, 0.25) is 0 Å². The molecule has 1 unspecified atom stereocenters. The Bertz CT molecular complexity index is 509. The number of halogens is 1. The van der Waals surface area contributed by atoms with Gasteiger partial charge in [-0.05, 0) is 25.8 Å². The number of rotatable bonds is 4. The molecule has 2 saturated heterocycles. The summed E-state index contributed by atoms with van der Waals surface area (Å²) in [5.74, 6) is -0.0564. The molecule has 0 radical (unpaired) electrons. The van der Waals surface area contributed by atoms with Gasteiger partial charge in [0, 0.05) is 37.8 Å². The van der Waals surface area contributed by atoms with Crippen LogP contribution in [0.1, 0.15) is 26.2 Å². The first-order valence-electron chi connectivity index (χ1n) is 7.90. The maximum absolute atomic E-state index is 13.9. The summed E-state index contributed by atoms with van der Waals surface area (Å²) in [4.78, 5) is 4.82. The van der Waals surface area contributed by atoms with E-state index in [1.165, 1.54) is 25.5 Å². The SMILES string of the molecule is CCCOc1cc(N2CCN3CCCC3C2)c(N)cc1F. The molecule has 0 aliphatic carbocycles. The van der Waals surface area contributed by atoms with Crippen LogP contribution in [0.25, 0.3) is 0 Å². The third kappa shape index (κ3) is 2.93. The van der Waals surface area contributed by atoms with Crippen LogP contribution in [0.4, 0.5) is 15.8 Å². The molecule has 2 aliphatic heterocycles. The Balaban J connectivity index is 1.80. The number of fused-ring (bicyclic) bond motifs is 1. The average Bonchev–Trinajstić information content (AvgIpc) is 2.94. The molecule has 2 aliphatic rings. The molecule has 116 valence electrons. The predicted octanol–water partition coefficient (Wildman–Crippen LogP) is 2.48. The van der Waals surface area contributed by atoms with Crippen LogP contribution in [-0.2, 0) is 0 Å². The maximum Gasteiger partial charge on any atom is 0.167 e. The first-order chi connectivity index (χ1) is 10.2. The summed E-state index contributed by atoms with van der Waals surface area (Å²) in [6.07, 6.45) is 3.39. The van der Waals surface area contributed by atoms with Crippen molar-refractivity contribution in [3.63, 3.8) is 0 Å². The van der Waals surface area contributed by atoms with Crippen molar-refractivity contribution in [2.45, 2.75) is 32.2 Å². The second-order valence-electron chi connectivity index (χ2n) is 5.97. The van der Waals surface area contributed by atoms with Crippen molar-refractivity contribution in [2.75, 3.05) is 43.4 Å². The first kappa shape index (κ1) is 14.4. The molecule has 3 rings (SSSR count). The number of hydrogen-bond donors (Lipinski definition) is 1. The van der Waals surface area contributed by atoms with E-state index in [2.05, 4.69) is 9.80 Å². The number of ether oxygens (including phenoxy) is 1. The minimum absolute atomic E-state index is 0.315. The van der Waals surface area contributed by atoms with Gasteiger partial charge in [-0.15, -0.1) is 0 Å². The van der Waals surface area contributed by atoms with E-state index in [0.717, 1.165) is 31.7 Å². The van der Waals surface area contributed by atoms with Crippen LogP contribution in [0.5, 0.6) is 5.75 Å². The lowest BCUT2D eigenvalue weighted by molar-refractivity contribution is 0.231. The van der Waals surface area contributed by atoms with Gasteiger partial charge >= 0.3 is 0 Å². The van der Waals surface area contributed by atoms with E-state index in [1.807, 2.05) is 6.92 Å². The third-order valence-corrected chi connectivity index (χ3v) is 4.47. The van der Waals surface area contributed by atoms with Crippen LogP contribution in [0, 0.1) is 5.82 Å². The van der Waals surface area contributed by atoms with Crippen molar-refractivity contribution in [3.05, 3.63) is 17.9 Å². The predicted molar refractivity (Wildman–Crippen MR) is 83.4 cm³/mol. The summed E-state index contributed by atoms with van der Waals surface area (Å²) in [7, 11) is 0. The quantitative estimate of drug-likeness (QED) is 0.866. The maximum atomic E-state index is 13.9. The summed E-state index contributed by atoms with van der Waals surface area (Å²) in [6, 6.07) is 3.77. The van der Waals surface area contributed by atoms with Gasteiger partial charge in [-0.3, -0.25) is 4.90 Å². The van der Waals surface area contributed by atoms with Gasteiger partial charge in [0.1, 0.15) is 0 Å². The number of piperazine rings is 1. The standard InChI is InChI=1S/C16H24FN3O/c1-2-8-21-16-10-15(14(18)9-13(16)17)20-7-6-19-5-3-4-12(19)11-20/h9-10,12H,2-8,11,18H2,1H3. The highest BCUT2D eigenvalue weighted by Crippen LogP contribution is 2.33. The molecule has 1 aromatic carbocycles. The summed E-state index contributed by atoms with van der Waals surface area (Å²) in [6.45, 7) is 6.73. The summed E-state index contributed by atoms with van der Waals surface area (Å²) in [5, 5.41) is 0. The fourth-order valence-electron chi connectivity index (χ4n) is 3.36. The van der Waals surface area contributed by atoms with Crippen molar-refractivity contribution in [2.24, 2.45) is 0 Å². The normalized spacial score (nSPS) is 22.4. The minimum Gasteiger partial charge on any atom is -0.490 e. The molecule has 5 heteroatoms. The van der Waals surface area contributed by atoms with Crippen LogP contribution in [-0.4, -0.2) is 43.7 Å². The number of anilines is 2. The second kappa shape index (κ2) is 6.10. The monoisotopic (exact) mass is 293 g/mol. The van der Waals surface area contributed by atoms with Crippen molar-refractivity contribution >= 4 is 11.4 Å². The molecule has 0 bridgehead atoms. The van der Waals surface area contributed by atoms with Crippen molar-refractivity contribution in [3.8, 4) is 5.75 Å². The molecular formula is C16H24FN3O. The summed E-state index contributed by atoms with van der Waals surface area (Å²) < 4.78 is 19.4. The summed E-state index contributed by atoms with van der Waals surface area (Å²) >= 11 is 0. The van der Waals surface area contributed by atoms with Gasteiger partial charge in [0.05, 0.1) is 18.0 Å². The molecule has 2 heterocycles. The highest BCUT2D eigenvalue weighted by atomic mass is 19.1. The molecule has 0 spiro atoms.